The third-order valence-electron chi connectivity index (χ3n) is 2.23. The van der Waals surface area contributed by atoms with Crippen LogP contribution in [0.5, 0.6) is 0 Å². The summed E-state index contributed by atoms with van der Waals surface area (Å²) in [6.45, 7) is 2.12. The van der Waals surface area contributed by atoms with Gasteiger partial charge in [0, 0.05) is 19.3 Å². The summed E-state index contributed by atoms with van der Waals surface area (Å²) in [5.41, 5.74) is 0. The maximum atomic E-state index is 11.1. The van der Waals surface area contributed by atoms with Gasteiger partial charge in [0.15, 0.2) is 0 Å². The Morgan fingerprint density at radius 3 is 2.45 bits per heavy atom. The van der Waals surface area contributed by atoms with Crippen molar-refractivity contribution in [3.8, 4) is 0 Å². The Labute approximate surface area is 70.7 Å². The average Bonchev–Trinajstić information content (AvgIpc) is 2.05. The summed E-state index contributed by atoms with van der Waals surface area (Å²) in [5.74, 6) is 0. The molecule has 66 valence electrons. The first-order valence-electron chi connectivity index (χ1n) is 3.99. The van der Waals surface area contributed by atoms with Crippen LogP contribution in [0.3, 0.4) is 0 Å². The van der Waals surface area contributed by atoms with Gasteiger partial charge in [-0.05, 0) is 25.9 Å². The lowest BCUT2D eigenvalue weighted by Crippen LogP contribution is -2.41. The Kier molecular flexibility index (Phi) is 3.48. The molecular formula is C7H16N2OS. The van der Waals surface area contributed by atoms with E-state index in [0.29, 0.717) is 6.04 Å². The van der Waals surface area contributed by atoms with Crippen molar-refractivity contribution in [2.24, 2.45) is 0 Å². The van der Waals surface area contributed by atoms with Crippen LogP contribution in [0, 0.1) is 0 Å². The first kappa shape index (κ1) is 9.16. The van der Waals surface area contributed by atoms with Crippen molar-refractivity contribution in [2.45, 2.75) is 18.9 Å². The Morgan fingerprint density at radius 2 is 2.00 bits per heavy atom. The molecule has 1 unspecified atom stereocenters. The van der Waals surface area contributed by atoms with Gasteiger partial charge in [-0.25, -0.2) is 8.51 Å². The molecule has 1 heterocycles. The van der Waals surface area contributed by atoms with Crippen molar-refractivity contribution in [2.75, 3.05) is 26.4 Å². The number of hydrogen-bond donors (Lipinski definition) is 1. The minimum atomic E-state index is -0.802. The minimum Gasteiger partial charge on any atom is -0.317 e. The van der Waals surface area contributed by atoms with E-state index in [-0.39, 0.29) is 0 Å². The molecule has 11 heavy (non-hydrogen) atoms. The molecule has 0 aromatic heterocycles. The zero-order valence-electron chi connectivity index (χ0n) is 7.17. The molecule has 0 radical (unpaired) electrons. The molecule has 3 nitrogen and oxygen atoms in total. The highest BCUT2D eigenvalue weighted by molar-refractivity contribution is 7.81. The molecule has 0 amide bonds. The van der Waals surface area contributed by atoms with E-state index in [1.54, 1.807) is 6.26 Å². The monoisotopic (exact) mass is 176 g/mol. The molecular weight excluding hydrogens is 160 g/mol. The second-order valence-corrected chi connectivity index (χ2v) is 4.37. The molecule has 0 bridgehead atoms. The van der Waals surface area contributed by atoms with E-state index in [1.165, 1.54) is 0 Å². The topological polar surface area (TPSA) is 32.3 Å². The summed E-state index contributed by atoms with van der Waals surface area (Å²) in [6.07, 6.45) is 3.98. The quantitative estimate of drug-likeness (QED) is 0.640. The van der Waals surface area contributed by atoms with Gasteiger partial charge in [0.1, 0.15) is 0 Å². The number of hydrogen-bond acceptors (Lipinski definition) is 2. The highest BCUT2D eigenvalue weighted by atomic mass is 32.2. The van der Waals surface area contributed by atoms with E-state index in [1.807, 2.05) is 11.4 Å². The Balaban J connectivity index is 2.38. The van der Waals surface area contributed by atoms with Gasteiger partial charge in [-0.3, -0.25) is 0 Å². The maximum Gasteiger partial charge on any atom is 0.0910 e. The fourth-order valence-corrected chi connectivity index (χ4v) is 2.01. The van der Waals surface area contributed by atoms with Crippen molar-refractivity contribution in [1.82, 2.24) is 9.62 Å². The van der Waals surface area contributed by atoms with Crippen molar-refractivity contribution in [1.29, 1.82) is 0 Å². The van der Waals surface area contributed by atoms with Crippen LogP contribution in [0.15, 0.2) is 0 Å². The van der Waals surface area contributed by atoms with Gasteiger partial charge in [-0.15, -0.1) is 0 Å². The predicted octanol–water partition coefficient (Wildman–Crippen LogP) is -0.0363. The van der Waals surface area contributed by atoms with Crippen LogP contribution in [-0.4, -0.2) is 40.9 Å². The van der Waals surface area contributed by atoms with Gasteiger partial charge < -0.3 is 5.32 Å². The molecule has 0 aliphatic carbocycles. The van der Waals surface area contributed by atoms with Gasteiger partial charge in [-0.1, -0.05) is 0 Å². The smallest absolute Gasteiger partial charge is 0.0910 e. The van der Waals surface area contributed by atoms with Gasteiger partial charge >= 0.3 is 0 Å². The summed E-state index contributed by atoms with van der Waals surface area (Å²) in [7, 11) is 1.13. The fraction of sp³-hybridized carbons (Fsp3) is 1.00. The van der Waals surface area contributed by atoms with Crippen molar-refractivity contribution in [3.05, 3.63) is 0 Å². The van der Waals surface area contributed by atoms with E-state index in [2.05, 4.69) is 5.32 Å². The molecule has 1 saturated heterocycles. The van der Waals surface area contributed by atoms with Crippen molar-refractivity contribution in [3.63, 3.8) is 0 Å². The van der Waals surface area contributed by atoms with Crippen LogP contribution in [0.1, 0.15) is 12.8 Å². The average molecular weight is 176 g/mol. The molecule has 1 atom stereocenters. The van der Waals surface area contributed by atoms with Crippen LogP contribution in [0.25, 0.3) is 0 Å². The van der Waals surface area contributed by atoms with Gasteiger partial charge in [0.05, 0.1) is 11.0 Å². The van der Waals surface area contributed by atoms with Crippen LogP contribution in [-0.2, 0) is 11.0 Å². The van der Waals surface area contributed by atoms with Crippen LogP contribution in [0.4, 0.5) is 0 Å². The third kappa shape index (κ3) is 2.54. The summed E-state index contributed by atoms with van der Waals surface area (Å²) in [5, 5.41) is 3.28. The SMILES string of the molecule is CN(C1CCNCC1)S(C)=O. The standard InChI is InChI=1S/C7H16N2OS/c1-9(11(2)10)7-3-5-8-6-4-7/h7-8H,3-6H2,1-2H3. The number of piperidine rings is 1. The zero-order chi connectivity index (χ0) is 8.27. The highest BCUT2D eigenvalue weighted by Crippen LogP contribution is 2.10. The minimum absolute atomic E-state index is 0.516. The summed E-state index contributed by atoms with van der Waals surface area (Å²) in [4.78, 5) is 0. The van der Waals surface area contributed by atoms with Crippen molar-refractivity contribution >= 4 is 11.0 Å². The van der Waals surface area contributed by atoms with Crippen molar-refractivity contribution < 1.29 is 4.21 Å². The molecule has 4 heteroatoms. The first-order chi connectivity index (χ1) is 5.22. The van der Waals surface area contributed by atoms with Gasteiger partial charge in [0.2, 0.25) is 0 Å². The lowest BCUT2D eigenvalue weighted by atomic mass is 10.1. The molecule has 1 aliphatic heterocycles. The molecule has 0 aromatic carbocycles. The van der Waals surface area contributed by atoms with E-state index < -0.39 is 11.0 Å². The molecule has 0 spiro atoms. The number of nitrogens with zero attached hydrogens (tertiary/aromatic N) is 1. The Morgan fingerprint density at radius 1 is 1.45 bits per heavy atom. The summed E-state index contributed by atoms with van der Waals surface area (Å²) < 4.78 is 13.0. The molecule has 1 fully saturated rings. The van der Waals surface area contributed by atoms with E-state index in [9.17, 15) is 4.21 Å². The summed E-state index contributed by atoms with van der Waals surface area (Å²) in [6, 6.07) is 0.516. The lowest BCUT2D eigenvalue weighted by molar-refractivity contribution is 0.309. The second kappa shape index (κ2) is 4.18. The molecule has 0 saturated carbocycles. The largest absolute Gasteiger partial charge is 0.317 e. The Hall–Kier alpha value is 0.0700. The number of nitrogens with one attached hydrogen (secondary N) is 1. The fourth-order valence-electron chi connectivity index (χ4n) is 1.38. The van der Waals surface area contributed by atoms with Gasteiger partial charge in [-0.2, -0.15) is 0 Å². The Bertz CT molecular complexity index is 145. The molecule has 1 rings (SSSR count). The predicted molar refractivity (Wildman–Crippen MR) is 47.7 cm³/mol. The molecule has 1 aliphatic rings. The highest BCUT2D eigenvalue weighted by Gasteiger charge is 2.19. The van der Waals surface area contributed by atoms with Crippen LogP contribution in [0.2, 0.25) is 0 Å². The zero-order valence-corrected chi connectivity index (χ0v) is 7.99. The second-order valence-electron chi connectivity index (χ2n) is 2.95. The lowest BCUT2D eigenvalue weighted by Gasteiger charge is -2.29. The summed E-state index contributed by atoms with van der Waals surface area (Å²) >= 11 is 0. The maximum absolute atomic E-state index is 11.1. The van der Waals surface area contributed by atoms with Crippen LogP contribution >= 0.6 is 0 Å². The third-order valence-corrected chi connectivity index (χ3v) is 3.34. The molecule has 0 aromatic rings. The van der Waals surface area contributed by atoms with Crippen LogP contribution < -0.4 is 5.32 Å². The molecule has 1 N–H and O–H groups in total. The first-order valence-corrected chi connectivity index (χ1v) is 5.50. The number of rotatable bonds is 2. The van der Waals surface area contributed by atoms with Gasteiger partial charge in [0.25, 0.3) is 0 Å². The van der Waals surface area contributed by atoms with E-state index in [0.717, 1.165) is 25.9 Å². The normalized spacial score (nSPS) is 23.9. The van der Waals surface area contributed by atoms with E-state index in [4.69, 9.17) is 0 Å². The van der Waals surface area contributed by atoms with E-state index >= 15 is 0 Å².